The lowest BCUT2D eigenvalue weighted by Gasteiger charge is -2.31. The van der Waals surface area contributed by atoms with Gasteiger partial charge in [0.2, 0.25) is 0 Å². The molecule has 1 fully saturated rings. The number of benzene rings is 1. The monoisotopic (exact) mass is 267 g/mol. The number of nitro benzene ring substituents is 1. The standard InChI is InChI=1S/C14H18FNO3/c1-9-2-5-14(17)11(6-9)7-10-8-12(15)3-4-13(10)16(18)19/h3-4,8-9,11,14,17H,2,5-7H2,1H3. The average Bonchev–Trinajstić information content (AvgIpc) is 2.33. The van der Waals surface area contributed by atoms with Crippen LogP contribution in [0, 0.1) is 27.8 Å². The summed E-state index contributed by atoms with van der Waals surface area (Å²) < 4.78 is 13.3. The van der Waals surface area contributed by atoms with Gasteiger partial charge in [-0.25, -0.2) is 4.39 Å². The number of aliphatic hydroxyl groups excluding tert-OH is 1. The lowest BCUT2D eigenvalue weighted by Crippen LogP contribution is -2.29. The fraction of sp³-hybridized carbons (Fsp3) is 0.571. The molecule has 3 unspecified atom stereocenters. The van der Waals surface area contributed by atoms with Gasteiger partial charge in [0.15, 0.2) is 0 Å². The van der Waals surface area contributed by atoms with E-state index in [4.69, 9.17) is 0 Å². The topological polar surface area (TPSA) is 63.4 Å². The molecule has 1 aromatic carbocycles. The van der Waals surface area contributed by atoms with E-state index in [1.807, 2.05) is 0 Å². The zero-order valence-corrected chi connectivity index (χ0v) is 10.9. The molecule has 2 rings (SSSR count). The molecule has 1 N–H and O–H groups in total. The van der Waals surface area contributed by atoms with Crippen LogP contribution in [0.4, 0.5) is 10.1 Å². The number of nitrogens with zero attached hydrogens (tertiary/aromatic N) is 1. The SMILES string of the molecule is CC1CCC(O)C(Cc2cc(F)ccc2[N+](=O)[O-])C1. The molecule has 1 aliphatic rings. The lowest BCUT2D eigenvalue weighted by atomic mass is 9.77. The fourth-order valence-corrected chi connectivity index (χ4v) is 2.88. The molecule has 0 amide bonds. The summed E-state index contributed by atoms with van der Waals surface area (Å²) >= 11 is 0. The summed E-state index contributed by atoms with van der Waals surface area (Å²) in [5, 5.41) is 20.9. The molecule has 0 aliphatic heterocycles. The Labute approximate surface area is 111 Å². The van der Waals surface area contributed by atoms with Gasteiger partial charge < -0.3 is 5.11 Å². The summed E-state index contributed by atoms with van der Waals surface area (Å²) in [6, 6.07) is 3.51. The molecule has 5 heteroatoms. The van der Waals surface area contributed by atoms with E-state index in [0.717, 1.165) is 25.3 Å². The van der Waals surface area contributed by atoms with Crippen molar-refractivity contribution < 1.29 is 14.4 Å². The zero-order chi connectivity index (χ0) is 14.0. The van der Waals surface area contributed by atoms with E-state index in [-0.39, 0.29) is 11.6 Å². The van der Waals surface area contributed by atoms with Crippen LogP contribution in [-0.4, -0.2) is 16.1 Å². The Morgan fingerprint density at radius 1 is 1.47 bits per heavy atom. The number of hydrogen-bond acceptors (Lipinski definition) is 3. The second-order valence-electron chi connectivity index (χ2n) is 5.48. The Morgan fingerprint density at radius 3 is 2.89 bits per heavy atom. The Bertz CT molecular complexity index is 478. The van der Waals surface area contributed by atoms with Crippen molar-refractivity contribution in [3.8, 4) is 0 Å². The summed E-state index contributed by atoms with van der Waals surface area (Å²) in [6.07, 6.45) is 2.44. The van der Waals surface area contributed by atoms with Crippen molar-refractivity contribution in [1.82, 2.24) is 0 Å². The first-order chi connectivity index (χ1) is 8.97. The first kappa shape index (κ1) is 13.9. The maximum Gasteiger partial charge on any atom is 0.272 e. The van der Waals surface area contributed by atoms with E-state index in [1.54, 1.807) is 0 Å². The molecule has 0 saturated heterocycles. The normalized spacial score (nSPS) is 27.2. The van der Waals surface area contributed by atoms with Crippen LogP contribution in [0.1, 0.15) is 31.7 Å². The van der Waals surface area contributed by atoms with E-state index in [1.165, 1.54) is 12.1 Å². The van der Waals surface area contributed by atoms with Crippen molar-refractivity contribution >= 4 is 5.69 Å². The average molecular weight is 267 g/mol. The summed E-state index contributed by atoms with van der Waals surface area (Å²) in [7, 11) is 0. The van der Waals surface area contributed by atoms with Gasteiger partial charge >= 0.3 is 0 Å². The third-order valence-electron chi connectivity index (χ3n) is 3.92. The molecule has 1 saturated carbocycles. The van der Waals surface area contributed by atoms with Crippen molar-refractivity contribution in [2.75, 3.05) is 0 Å². The molecular formula is C14H18FNO3. The van der Waals surface area contributed by atoms with Crippen molar-refractivity contribution in [3.63, 3.8) is 0 Å². The zero-order valence-electron chi connectivity index (χ0n) is 10.9. The molecule has 4 nitrogen and oxygen atoms in total. The van der Waals surface area contributed by atoms with Crippen molar-refractivity contribution in [2.45, 2.75) is 38.7 Å². The Kier molecular flexibility index (Phi) is 4.14. The highest BCUT2D eigenvalue weighted by Gasteiger charge is 2.29. The van der Waals surface area contributed by atoms with Gasteiger partial charge in [0, 0.05) is 11.6 Å². The maximum absolute atomic E-state index is 13.3. The molecule has 19 heavy (non-hydrogen) atoms. The number of aliphatic hydroxyl groups is 1. The second kappa shape index (κ2) is 5.65. The third kappa shape index (κ3) is 3.29. The molecule has 0 spiro atoms. The van der Waals surface area contributed by atoms with Crippen LogP contribution in [0.3, 0.4) is 0 Å². The van der Waals surface area contributed by atoms with E-state index >= 15 is 0 Å². The first-order valence-corrected chi connectivity index (χ1v) is 6.58. The smallest absolute Gasteiger partial charge is 0.272 e. The first-order valence-electron chi connectivity index (χ1n) is 6.58. The van der Waals surface area contributed by atoms with E-state index < -0.39 is 16.8 Å². The third-order valence-corrected chi connectivity index (χ3v) is 3.92. The minimum Gasteiger partial charge on any atom is -0.393 e. The summed E-state index contributed by atoms with van der Waals surface area (Å²) in [5.74, 6) is 0.00390. The van der Waals surface area contributed by atoms with Crippen LogP contribution < -0.4 is 0 Å². The van der Waals surface area contributed by atoms with Crippen molar-refractivity contribution in [3.05, 3.63) is 39.7 Å². The quantitative estimate of drug-likeness (QED) is 0.676. The molecule has 0 aromatic heterocycles. The van der Waals surface area contributed by atoms with Crippen molar-refractivity contribution in [1.29, 1.82) is 0 Å². The van der Waals surface area contributed by atoms with E-state index in [9.17, 15) is 19.6 Å². The molecule has 3 atom stereocenters. The van der Waals surface area contributed by atoms with Crippen LogP contribution in [-0.2, 0) is 6.42 Å². The van der Waals surface area contributed by atoms with Gasteiger partial charge in [0.25, 0.3) is 5.69 Å². The lowest BCUT2D eigenvalue weighted by molar-refractivity contribution is -0.385. The minimum absolute atomic E-state index is 0.0238. The molecule has 0 heterocycles. The van der Waals surface area contributed by atoms with Gasteiger partial charge in [-0.15, -0.1) is 0 Å². The second-order valence-corrected chi connectivity index (χ2v) is 5.48. The number of halogens is 1. The maximum atomic E-state index is 13.3. The predicted molar refractivity (Wildman–Crippen MR) is 69.3 cm³/mol. The number of rotatable bonds is 3. The van der Waals surface area contributed by atoms with E-state index in [0.29, 0.717) is 17.9 Å². The summed E-state index contributed by atoms with van der Waals surface area (Å²) in [5.41, 5.74) is 0.315. The highest BCUT2D eigenvalue weighted by molar-refractivity contribution is 5.40. The largest absolute Gasteiger partial charge is 0.393 e. The van der Waals surface area contributed by atoms with Gasteiger partial charge in [-0.1, -0.05) is 6.92 Å². The Hall–Kier alpha value is -1.49. The van der Waals surface area contributed by atoms with Crippen LogP contribution >= 0.6 is 0 Å². The Morgan fingerprint density at radius 2 is 2.21 bits per heavy atom. The van der Waals surface area contributed by atoms with E-state index in [2.05, 4.69) is 6.92 Å². The molecular weight excluding hydrogens is 249 g/mol. The van der Waals surface area contributed by atoms with Crippen LogP contribution in [0.15, 0.2) is 18.2 Å². The summed E-state index contributed by atoms with van der Waals surface area (Å²) in [6.45, 7) is 2.11. The van der Waals surface area contributed by atoms with Gasteiger partial charge in [-0.3, -0.25) is 10.1 Å². The molecule has 0 radical (unpaired) electrons. The van der Waals surface area contributed by atoms with Crippen LogP contribution in [0.25, 0.3) is 0 Å². The van der Waals surface area contributed by atoms with Gasteiger partial charge in [0.1, 0.15) is 5.82 Å². The molecule has 1 aliphatic carbocycles. The number of hydrogen-bond donors (Lipinski definition) is 1. The highest BCUT2D eigenvalue weighted by Crippen LogP contribution is 2.33. The number of nitro groups is 1. The molecule has 0 bridgehead atoms. The van der Waals surface area contributed by atoms with Crippen LogP contribution in [0.2, 0.25) is 0 Å². The summed E-state index contributed by atoms with van der Waals surface area (Å²) in [4.78, 5) is 10.4. The van der Waals surface area contributed by atoms with Gasteiger partial charge in [-0.05, 0) is 49.7 Å². The minimum atomic E-state index is -0.493. The van der Waals surface area contributed by atoms with Gasteiger partial charge in [-0.2, -0.15) is 0 Å². The highest BCUT2D eigenvalue weighted by atomic mass is 19.1. The van der Waals surface area contributed by atoms with Crippen molar-refractivity contribution in [2.24, 2.45) is 11.8 Å². The Balaban J connectivity index is 2.22. The molecule has 104 valence electrons. The predicted octanol–water partition coefficient (Wildman–Crippen LogP) is 3.07. The van der Waals surface area contributed by atoms with Crippen LogP contribution in [0.5, 0.6) is 0 Å². The fourth-order valence-electron chi connectivity index (χ4n) is 2.88. The van der Waals surface area contributed by atoms with Gasteiger partial charge in [0.05, 0.1) is 11.0 Å². The molecule has 1 aromatic rings.